The number of nitrogens with zero attached hydrogens (tertiary/aromatic N) is 3. The van der Waals surface area contributed by atoms with Crippen molar-refractivity contribution in [3.8, 4) is 5.82 Å². The largest absolute Gasteiger partial charge is 0.310 e. The van der Waals surface area contributed by atoms with Gasteiger partial charge in [0.1, 0.15) is 5.82 Å². The molecule has 0 aliphatic rings. The molecule has 122 valence electrons. The quantitative estimate of drug-likeness (QED) is 0.721. The zero-order chi connectivity index (χ0) is 16.9. The van der Waals surface area contributed by atoms with Crippen molar-refractivity contribution in [1.29, 1.82) is 0 Å². The minimum atomic E-state index is -0.221. The number of thioether (sulfide) groups is 1. The molecule has 3 rings (SSSR count). The summed E-state index contributed by atoms with van der Waals surface area (Å²) in [5.74, 6) is 1.22. The fourth-order valence-corrected chi connectivity index (χ4v) is 3.09. The molecular formula is C18H18N4OS. The number of anilines is 1. The maximum absolute atomic E-state index is 12.5. The summed E-state index contributed by atoms with van der Waals surface area (Å²) in [5, 5.41) is 6.96. The van der Waals surface area contributed by atoms with Crippen LogP contribution in [-0.2, 0) is 4.79 Å². The van der Waals surface area contributed by atoms with Crippen molar-refractivity contribution in [2.24, 2.45) is 0 Å². The number of carbonyl (C=O) groups excluding carboxylic acids is 1. The highest BCUT2D eigenvalue weighted by Gasteiger charge is 2.17. The lowest BCUT2D eigenvalue weighted by atomic mass is 10.3. The van der Waals surface area contributed by atoms with Gasteiger partial charge >= 0.3 is 0 Å². The fourth-order valence-electron chi connectivity index (χ4n) is 2.20. The van der Waals surface area contributed by atoms with E-state index >= 15 is 0 Å². The summed E-state index contributed by atoms with van der Waals surface area (Å²) in [7, 11) is 0. The van der Waals surface area contributed by atoms with Crippen molar-refractivity contribution in [3.63, 3.8) is 0 Å². The highest BCUT2D eigenvalue weighted by Crippen LogP contribution is 2.24. The van der Waals surface area contributed by atoms with Crippen LogP contribution < -0.4 is 5.32 Å². The average molecular weight is 338 g/mol. The summed E-state index contributed by atoms with van der Waals surface area (Å²) in [6.07, 6.45) is 3.38. The Kier molecular flexibility index (Phi) is 4.96. The molecule has 0 unspecified atom stereocenters. The molecule has 0 saturated carbocycles. The van der Waals surface area contributed by atoms with Crippen LogP contribution >= 0.6 is 11.8 Å². The van der Waals surface area contributed by atoms with E-state index < -0.39 is 0 Å². The molecule has 0 fully saturated rings. The molecule has 5 nitrogen and oxygen atoms in total. The van der Waals surface area contributed by atoms with Crippen LogP contribution in [0.25, 0.3) is 5.82 Å². The molecule has 0 aliphatic carbocycles. The number of hydrogen-bond acceptors (Lipinski definition) is 4. The lowest BCUT2D eigenvalue weighted by Gasteiger charge is -2.13. The second-order valence-electron chi connectivity index (χ2n) is 5.38. The molecule has 0 aliphatic heterocycles. The van der Waals surface area contributed by atoms with Crippen LogP contribution in [0.3, 0.4) is 0 Å². The van der Waals surface area contributed by atoms with Gasteiger partial charge in [-0.2, -0.15) is 9.78 Å². The third kappa shape index (κ3) is 3.83. The van der Waals surface area contributed by atoms with Crippen LogP contribution in [0, 0.1) is 6.92 Å². The number of benzene rings is 1. The van der Waals surface area contributed by atoms with Gasteiger partial charge in [-0.1, -0.05) is 18.2 Å². The Hall–Kier alpha value is -2.60. The standard InChI is InChI=1S/C18H18N4OS/c1-13-8-10-19-17(12-13)22-16(9-11-20-22)21-18(23)14(2)24-15-6-4-3-5-7-15/h3-12,14H,1-2H3,(H,21,23)/t14-/m1/s1. The Bertz CT molecular complexity index is 832. The summed E-state index contributed by atoms with van der Waals surface area (Å²) in [4.78, 5) is 17.8. The highest BCUT2D eigenvalue weighted by atomic mass is 32.2. The molecule has 0 radical (unpaired) electrons. The minimum Gasteiger partial charge on any atom is -0.310 e. The predicted molar refractivity (Wildman–Crippen MR) is 96.5 cm³/mol. The van der Waals surface area contributed by atoms with Crippen LogP contribution in [0.2, 0.25) is 0 Å². The molecule has 2 aromatic heterocycles. The molecule has 6 heteroatoms. The number of aryl methyl sites for hydroxylation is 1. The van der Waals surface area contributed by atoms with Gasteiger partial charge in [0.2, 0.25) is 5.91 Å². The molecule has 0 saturated heterocycles. The molecule has 1 N–H and O–H groups in total. The van der Waals surface area contributed by atoms with E-state index in [1.165, 1.54) is 11.8 Å². The molecule has 1 aromatic carbocycles. The van der Waals surface area contributed by atoms with Crippen LogP contribution in [0.4, 0.5) is 5.82 Å². The Morgan fingerprint density at radius 2 is 1.96 bits per heavy atom. The molecule has 0 spiro atoms. The van der Waals surface area contributed by atoms with Gasteiger partial charge in [0.05, 0.1) is 11.4 Å². The van der Waals surface area contributed by atoms with Gasteiger partial charge in [0.25, 0.3) is 0 Å². The van der Waals surface area contributed by atoms with E-state index in [0.717, 1.165) is 10.5 Å². The van der Waals surface area contributed by atoms with Gasteiger partial charge in [-0.3, -0.25) is 4.79 Å². The first kappa shape index (κ1) is 16.3. The van der Waals surface area contributed by atoms with Gasteiger partial charge in [-0.05, 0) is 43.7 Å². The van der Waals surface area contributed by atoms with Crippen molar-refractivity contribution in [3.05, 3.63) is 66.5 Å². The van der Waals surface area contributed by atoms with Gasteiger partial charge in [0, 0.05) is 17.2 Å². The number of rotatable bonds is 5. The van der Waals surface area contributed by atoms with Gasteiger partial charge in [0.15, 0.2) is 5.82 Å². The lowest BCUT2D eigenvalue weighted by molar-refractivity contribution is -0.115. The molecule has 3 aromatic rings. The Morgan fingerprint density at radius 1 is 1.17 bits per heavy atom. The SMILES string of the molecule is Cc1ccnc(-n2nccc2NC(=O)[C@@H](C)Sc2ccccc2)c1. The number of carbonyl (C=O) groups is 1. The van der Waals surface area contributed by atoms with E-state index in [-0.39, 0.29) is 11.2 Å². The van der Waals surface area contributed by atoms with Crippen LogP contribution in [0.15, 0.2) is 65.8 Å². The van der Waals surface area contributed by atoms with E-state index in [1.807, 2.05) is 56.3 Å². The molecular weight excluding hydrogens is 320 g/mol. The Labute approximate surface area is 145 Å². The third-order valence-corrected chi connectivity index (χ3v) is 4.55. The summed E-state index contributed by atoms with van der Waals surface area (Å²) >= 11 is 1.52. The maximum atomic E-state index is 12.5. The van der Waals surface area contributed by atoms with Gasteiger partial charge in [-0.25, -0.2) is 4.98 Å². The van der Waals surface area contributed by atoms with E-state index in [4.69, 9.17) is 0 Å². The van der Waals surface area contributed by atoms with Crippen molar-refractivity contribution < 1.29 is 4.79 Å². The van der Waals surface area contributed by atoms with Crippen LogP contribution in [-0.4, -0.2) is 25.9 Å². The Balaban J connectivity index is 1.72. The van der Waals surface area contributed by atoms with E-state index in [0.29, 0.717) is 11.6 Å². The molecule has 1 atom stereocenters. The van der Waals surface area contributed by atoms with Crippen molar-refractivity contribution in [2.75, 3.05) is 5.32 Å². The van der Waals surface area contributed by atoms with Crippen molar-refractivity contribution in [1.82, 2.24) is 14.8 Å². The maximum Gasteiger partial charge on any atom is 0.238 e. The van der Waals surface area contributed by atoms with Crippen molar-refractivity contribution >= 4 is 23.5 Å². The van der Waals surface area contributed by atoms with Gasteiger partial charge < -0.3 is 5.32 Å². The van der Waals surface area contributed by atoms with Crippen LogP contribution in [0.5, 0.6) is 0 Å². The van der Waals surface area contributed by atoms with E-state index in [1.54, 1.807) is 23.1 Å². The second-order valence-corrected chi connectivity index (χ2v) is 6.80. The van der Waals surface area contributed by atoms with Crippen LogP contribution in [0.1, 0.15) is 12.5 Å². The number of nitrogens with one attached hydrogen (secondary N) is 1. The lowest BCUT2D eigenvalue weighted by Crippen LogP contribution is -2.24. The second kappa shape index (κ2) is 7.31. The zero-order valence-corrected chi connectivity index (χ0v) is 14.3. The molecule has 2 heterocycles. The number of hydrogen-bond donors (Lipinski definition) is 1. The first-order valence-corrected chi connectivity index (χ1v) is 8.51. The zero-order valence-electron chi connectivity index (χ0n) is 13.5. The first-order chi connectivity index (χ1) is 11.6. The summed E-state index contributed by atoms with van der Waals surface area (Å²) in [6.45, 7) is 3.88. The molecule has 0 bridgehead atoms. The third-order valence-electron chi connectivity index (χ3n) is 3.44. The highest BCUT2D eigenvalue weighted by molar-refractivity contribution is 8.00. The Morgan fingerprint density at radius 3 is 2.71 bits per heavy atom. The topological polar surface area (TPSA) is 59.8 Å². The summed E-state index contributed by atoms with van der Waals surface area (Å²) in [5.41, 5.74) is 1.08. The number of pyridine rings is 1. The molecule has 24 heavy (non-hydrogen) atoms. The smallest absolute Gasteiger partial charge is 0.238 e. The van der Waals surface area contributed by atoms with E-state index in [9.17, 15) is 4.79 Å². The monoisotopic (exact) mass is 338 g/mol. The van der Waals surface area contributed by atoms with Crippen molar-refractivity contribution in [2.45, 2.75) is 24.0 Å². The van der Waals surface area contributed by atoms with E-state index in [2.05, 4.69) is 15.4 Å². The number of aromatic nitrogens is 3. The number of amides is 1. The fraction of sp³-hybridized carbons (Fsp3) is 0.167. The summed E-state index contributed by atoms with van der Waals surface area (Å²) < 4.78 is 1.63. The first-order valence-electron chi connectivity index (χ1n) is 7.63. The minimum absolute atomic E-state index is 0.0711. The predicted octanol–water partition coefficient (Wildman–Crippen LogP) is 3.70. The molecule has 1 amide bonds. The summed E-state index contributed by atoms with van der Waals surface area (Å²) in [6, 6.07) is 15.5. The average Bonchev–Trinajstić information content (AvgIpc) is 3.04. The normalized spacial score (nSPS) is 11.9. The van der Waals surface area contributed by atoms with Gasteiger partial charge in [-0.15, -0.1) is 11.8 Å².